The normalized spacial score (nSPS) is 10.6. The largest absolute Gasteiger partial charge is 0.296 e. The number of benzene rings is 1. The zero-order valence-electron chi connectivity index (χ0n) is 11.8. The highest BCUT2D eigenvalue weighted by atomic mass is 32.2. The number of nitrogens with zero attached hydrogens (tertiary/aromatic N) is 4. The Balaban J connectivity index is 1.71. The molecule has 0 unspecified atom stereocenters. The van der Waals surface area contributed by atoms with Gasteiger partial charge in [0.15, 0.2) is 4.34 Å². The summed E-state index contributed by atoms with van der Waals surface area (Å²) in [5.74, 6) is 0.679. The van der Waals surface area contributed by atoms with E-state index in [1.54, 1.807) is 22.6 Å². The molecule has 0 atom stereocenters. The van der Waals surface area contributed by atoms with Crippen molar-refractivity contribution < 1.29 is 4.79 Å². The van der Waals surface area contributed by atoms with Gasteiger partial charge in [-0.3, -0.25) is 10.1 Å². The third kappa shape index (κ3) is 3.34. The number of anilines is 1. The highest BCUT2D eigenvalue weighted by Gasteiger charge is 2.12. The van der Waals surface area contributed by atoms with Crippen molar-refractivity contribution in [1.82, 2.24) is 20.0 Å². The minimum Gasteiger partial charge on any atom is -0.296 e. The Hall–Kier alpha value is -2.19. The number of carbonyl (C=O) groups is 1. The second kappa shape index (κ2) is 6.71. The third-order valence-electron chi connectivity index (χ3n) is 2.76. The first kappa shape index (κ1) is 14.7. The zero-order chi connectivity index (χ0) is 15.4. The smallest absolute Gasteiger partial charge is 0.260 e. The number of hydrogen-bond donors (Lipinski definition) is 1. The highest BCUT2D eigenvalue weighted by molar-refractivity contribution is 8.01. The van der Waals surface area contributed by atoms with Crippen LogP contribution in [0.5, 0.6) is 0 Å². The SMILES string of the molecule is CCSc1nnc(NC(=O)c2cnn(-c3ccccc3)c2)s1. The fourth-order valence-electron chi connectivity index (χ4n) is 1.77. The standard InChI is InChI=1S/C14H13N5OS2/c1-2-21-14-18-17-13(22-14)16-12(20)10-8-15-19(9-10)11-6-4-3-5-7-11/h3-9H,2H2,1H3,(H,16,17,20). The Bertz CT molecular complexity index is 768. The van der Waals surface area contributed by atoms with Crippen LogP contribution in [-0.2, 0) is 0 Å². The fraction of sp³-hybridized carbons (Fsp3) is 0.143. The Labute approximate surface area is 135 Å². The van der Waals surface area contributed by atoms with Crippen LogP contribution in [0.4, 0.5) is 5.13 Å². The van der Waals surface area contributed by atoms with Crippen LogP contribution in [0.3, 0.4) is 0 Å². The molecule has 0 saturated heterocycles. The molecule has 1 amide bonds. The first-order chi connectivity index (χ1) is 10.8. The number of rotatable bonds is 5. The summed E-state index contributed by atoms with van der Waals surface area (Å²) in [6.45, 7) is 2.04. The summed E-state index contributed by atoms with van der Waals surface area (Å²) < 4.78 is 2.51. The van der Waals surface area contributed by atoms with Gasteiger partial charge in [0.25, 0.3) is 5.91 Å². The van der Waals surface area contributed by atoms with Gasteiger partial charge in [0.05, 0.1) is 17.4 Å². The molecule has 1 aromatic carbocycles. The van der Waals surface area contributed by atoms with Crippen molar-refractivity contribution in [2.45, 2.75) is 11.3 Å². The summed E-state index contributed by atoms with van der Waals surface area (Å²) >= 11 is 2.96. The van der Waals surface area contributed by atoms with Crippen LogP contribution in [-0.4, -0.2) is 31.6 Å². The molecule has 0 aliphatic heterocycles. The monoisotopic (exact) mass is 331 g/mol. The van der Waals surface area contributed by atoms with E-state index >= 15 is 0 Å². The molecule has 0 aliphatic carbocycles. The average molecular weight is 331 g/mol. The van der Waals surface area contributed by atoms with E-state index in [0.717, 1.165) is 15.8 Å². The molecule has 0 saturated carbocycles. The van der Waals surface area contributed by atoms with E-state index in [1.807, 2.05) is 37.3 Å². The van der Waals surface area contributed by atoms with Crippen molar-refractivity contribution in [2.75, 3.05) is 11.1 Å². The Morgan fingerprint density at radius 1 is 1.32 bits per heavy atom. The van der Waals surface area contributed by atoms with E-state index in [0.29, 0.717) is 10.7 Å². The molecule has 0 bridgehead atoms. The molecular formula is C14H13N5OS2. The second-order valence-corrected chi connectivity index (χ2v) is 6.76. The van der Waals surface area contributed by atoms with Crippen molar-refractivity contribution >= 4 is 34.1 Å². The van der Waals surface area contributed by atoms with Gasteiger partial charge in [-0.2, -0.15) is 5.10 Å². The minimum atomic E-state index is -0.244. The molecule has 2 heterocycles. The Morgan fingerprint density at radius 3 is 2.91 bits per heavy atom. The van der Waals surface area contributed by atoms with Gasteiger partial charge < -0.3 is 0 Å². The molecule has 112 valence electrons. The number of nitrogens with one attached hydrogen (secondary N) is 1. The number of hydrogen-bond acceptors (Lipinski definition) is 6. The fourth-order valence-corrected chi connectivity index (χ4v) is 3.42. The molecule has 3 aromatic rings. The molecule has 8 heteroatoms. The van der Waals surface area contributed by atoms with Crippen molar-refractivity contribution in [2.24, 2.45) is 0 Å². The molecule has 1 N–H and O–H groups in total. The molecule has 2 aromatic heterocycles. The lowest BCUT2D eigenvalue weighted by Gasteiger charge is -1.99. The summed E-state index contributed by atoms with van der Waals surface area (Å²) in [6, 6.07) is 9.62. The van der Waals surface area contributed by atoms with E-state index in [4.69, 9.17) is 0 Å². The van der Waals surface area contributed by atoms with Gasteiger partial charge in [-0.15, -0.1) is 10.2 Å². The number of amides is 1. The van der Waals surface area contributed by atoms with Gasteiger partial charge in [0.2, 0.25) is 5.13 Å². The number of carbonyl (C=O) groups excluding carboxylic acids is 1. The van der Waals surface area contributed by atoms with Crippen LogP contribution < -0.4 is 5.32 Å². The second-order valence-electron chi connectivity index (χ2n) is 4.27. The highest BCUT2D eigenvalue weighted by Crippen LogP contribution is 2.25. The maximum atomic E-state index is 12.2. The first-order valence-corrected chi connectivity index (χ1v) is 8.44. The van der Waals surface area contributed by atoms with Crippen molar-refractivity contribution in [3.63, 3.8) is 0 Å². The van der Waals surface area contributed by atoms with E-state index in [-0.39, 0.29) is 5.91 Å². The predicted molar refractivity (Wildman–Crippen MR) is 87.8 cm³/mol. The van der Waals surface area contributed by atoms with E-state index in [2.05, 4.69) is 20.6 Å². The lowest BCUT2D eigenvalue weighted by atomic mass is 10.3. The molecule has 0 fully saturated rings. The van der Waals surface area contributed by atoms with Gasteiger partial charge in [-0.1, -0.05) is 48.2 Å². The Morgan fingerprint density at radius 2 is 2.14 bits per heavy atom. The van der Waals surface area contributed by atoms with Crippen molar-refractivity contribution in [1.29, 1.82) is 0 Å². The summed E-state index contributed by atoms with van der Waals surface area (Å²) in [4.78, 5) is 12.2. The zero-order valence-corrected chi connectivity index (χ0v) is 13.4. The molecule has 0 radical (unpaired) electrons. The topological polar surface area (TPSA) is 72.7 Å². The van der Waals surface area contributed by atoms with Gasteiger partial charge in [0, 0.05) is 6.20 Å². The molecule has 0 aliphatic rings. The number of thioether (sulfide) groups is 1. The van der Waals surface area contributed by atoms with Crippen LogP contribution in [0, 0.1) is 0 Å². The Kier molecular flexibility index (Phi) is 4.50. The predicted octanol–water partition coefficient (Wildman–Crippen LogP) is 3.09. The summed E-state index contributed by atoms with van der Waals surface area (Å²) in [7, 11) is 0. The van der Waals surface area contributed by atoms with Crippen LogP contribution >= 0.6 is 23.1 Å². The number of aromatic nitrogens is 4. The van der Waals surface area contributed by atoms with Crippen LogP contribution in [0.15, 0.2) is 47.1 Å². The van der Waals surface area contributed by atoms with Crippen molar-refractivity contribution in [3.05, 3.63) is 48.3 Å². The lowest BCUT2D eigenvalue weighted by Crippen LogP contribution is -2.10. The molecular weight excluding hydrogens is 318 g/mol. The minimum absolute atomic E-state index is 0.244. The van der Waals surface area contributed by atoms with Gasteiger partial charge in [-0.05, 0) is 17.9 Å². The van der Waals surface area contributed by atoms with Crippen LogP contribution in [0.2, 0.25) is 0 Å². The van der Waals surface area contributed by atoms with Gasteiger partial charge in [-0.25, -0.2) is 4.68 Å². The van der Waals surface area contributed by atoms with Crippen LogP contribution in [0.1, 0.15) is 17.3 Å². The van der Waals surface area contributed by atoms with E-state index in [1.165, 1.54) is 17.5 Å². The maximum absolute atomic E-state index is 12.2. The van der Waals surface area contributed by atoms with Gasteiger partial charge in [0.1, 0.15) is 0 Å². The summed E-state index contributed by atoms with van der Waals surface area (Å²) in [5.41, 5.74) is 1.38. The number of para-hydroxylation sites is 1. The average Bonchev–Trinajstić information content (AvgIpc) is 3.18. The maximum Gasteiger partial charge on any atom is 0.260 e. The molecule has 0 spiro atoms. The summed E-state index contributed by atoms with van der Waals surface area (Å²) in [6.07, 6.45) is 3.22. The summed E-state index contributed by atoms with van der Waals surface area (Å²) in [5, 5.41) is 15.4. The third-order valence-corrected chi connectivity index (χ3v) is 4.61. The van der Waals surface area contributed by atoms with E-state index < -0.39 is 0 Å². The molecule has 3 rings (SSSR count). The van der Waals surface area contributed by atoms with E-state index in [9.17, 15) is 4.79 Å². The van der Waals surface area contributed by atoms with Crippen LogP contribution in [0.25, 0.3) is 5.69 Å². The molecule has 6 nitrogen and oxygen atoms in total. The quantitative estimate of drug-likeness (QED) is 0.574. The lowest BCUT2D eigenvalue weighted by molar-refractivity contribution is 0.102. The first-order valence-electron chi connectivity index (χ1n) is 6.64. The van der Waals surface area contributed by atoms with Crippen molar-refractivity contribution in [3.8, 4) is 5.69 Å². The van der Waals surface area contributed by atoms with Gasteiger partial charge >= 0.3 is 0 Å². The molecule has 22 heavy (non-hydrogen) atoms.